The molecular formula is C13H18N2OS. The van der Waals surface area contributed by atoms with E-state index in [2.05, 4.69) is 29.7 Å². The normalized spacial score (nSPS) is 13.2. The van der Waals surface area contributed by atoms with Gasteiger partial charge in [0.1, 0.15) is 0 Å². The van der Waals surface area contributed by atoms with Gasteiger partial charge >= 0.3 is 6.03 Å². The molecule has 3 nitrogen and oxygen atoms in total. The summed E-state index contributed by atoms with van der Waals surface area (Å²) in [5.41, 5.74) is 2.13. The number of anilines is 1. The summed E-state index contributed by atoms with van der Waals surface area (Å²) < 4.78 is 0. The van der Waals surface area contributed by atoms with Crippen molar-refractivity contribution in [2.75, 3.05) is 11.9 Å². The number of hydrogen-bond acceptors (Lipinski definition) is 2. The van der Waals surface area contributed by atoms with Gasteiger partial charge in [0, 0.05) is 22.4 Å². The van der Waals surface area contributed by atoms with Gasteiger partial charge in [-0.25, -0.2) is 4.79 Å². The lowest BCUT2D eigenvalue weighted by Gasteiger charge is -2.09. The maximum absolute atomic E-state index is 11.6. The number of carbonyl (C=O) groups is 1. The van der Waals surface area contributed by atoms with E-state index in [9.17, 15) is 4.79 Å². The first-order chi connectivity index (χ1) is 8.31. The summed E-state index contributed by atoms with van der Waals surface area (Å²) in [5.74, 6) is 0. The Morgan fingerprint density at radius 1 is 1.53 bits per heavy atom. The van der Waals surface area contributed by atoms with Crippen LogP contribution in [0.3, 0.4) is 0 Å². The Kier molecular flexibility index (Phi) is 4.20. The minimum atomic E-state index is -0.0991. The predicted octanol–water partition coefficient (Wildman–Crippen LogP) is 3.63. The number of carbonyl (C=O) groups excluding carboxylic acids is 1. The molecule has 0 radical (unpaired) electrons. The molecule has 0 bridgehead atoms. The van der Waals surface area contributed by atoms with Gasteiger partial charge in [-0.1, -0.05) is 25.5 Å². The fourth-order valence-corrected chi connectivity index (χ4v) is 2.83. The van der Waals surface area contributed by atoms with E-state index in [1.165, 1.54) is 10.4 Å². The highest BCUT2D eigenvalue weighted by Crippen LogP contribution is 2.32. The van der Waals surface area contributed by atoms with Crippen LogP contribution in [0.2, 0.25) is 0 Å². The van der Waals surface area contributed by atoms with Crippen LogP contribution in [-0.2, 0) is 6.42 Å². The van der Waals surface area contributed by atoms with Gasteiger partial charge in [0.05, 0.1) is 5.69 Å². The standard InChI is InChI=1S/C13H18N2OS/c1-2-3-8-14-13(16)15-11-9-17-12-7-5-4-6-10(11)12/h4,6,9H,2-3,5,7-8H2,1H3,(H2,14,15,16). The summed E-state index contributed by atoms with van der Waals surface area (Å²) in [7, 11) is 0. The lowest BCUT2D eigenvalue weighted by molar-refractivity contribution is 0.252. The van der Waals surface area contributed by atoms with E-state index < -0.39 is 0 Å². The molecule has 0 saturated heterocycles. The second-order valence-corrected chi connectivity index (χ2v) is 5.13. The molecule has 4 heteroatoms. The second-order valence-electron chi connectivity index (χ2n) is 4.16. The molecule has 1 aliphatic rings. The van der Waals surface area contributed by atoms with Crippen LogP contribution < -0.4 is 10.6 Å². The highest BCUT2D eigenvalue weighted by molar-refractivity contribution is 7.10. The van der Waals surface area contributed by atoms with Gasteiger partial charge in [0.15, 0.2) is 0 Å². The SMILES string of the molecule is CCCCNC(=O)Nc1csc2c1C=CCC2. The van der Waals surface area contributed by atoms with E-state index in [4.69, 9.17) is 0 Å². The number of unbranched alkanes of at least 4 members (excludes halogenated alkanes) is 1. The summed E-state index contributed by atoms with van der Waals surface area (Å²) in [5, 5.41) is 7.80. The van der Waals surface area contributed by atoms with Crippen LogP contribution in [0.5, 0.6) is 0 Å². The largest absolute Gasteiger partial charge is 0.338 e. The van der Waals surface area contributed by atoms with Crippen molar-refractivity contribution in [3.05, 3.63) is 21.9 Å². The van der Waals surface area contributed by atoms with Gasteiger partial charge in [0.2, 0.25) is 0 Å². The molecule has 2 N–H and O–H groups in total. The number of aryl methyl sites for hydroxylation is 1. The fraction of sp³-hybridized carbons (Fsp3) is 0.462. The quantitative estimate of drug-likeness (QED) is 0.787. The van der Waals surface area contributed by atoms with Crippen molar-refractivity contribution < 1.29 is 4.79 Å². The summed E-state index contributed by atoms with van der Waals surface area (Å²) >= 11 is 1.73. The number of amides is 2. The van der Waals surface area contributed by atoms with Gasteiger partial charge in [-0.2, -0.15) is 0 Å². The van der Waals surface area contributed by atoms with E-state index >= 15 is 0 Å². The minimum absolute atomic E-state index is 0.0991. The number of nitrogens with one attached hydrogen (secondary N) is 2. The first-order valence-electron chi connectivity index (χ1n) is 6.13. The van der Waals surface area contributed by atoms with E-state index in [-0.39, 0.29) is 6.03 Å². The highest BCUT2D eigenvalue weighted by Gasteiger charge is 2.13. The number of urea groups is 1. The zero-order chi connectivity index (χ0) is 12.1. The lowest BCUT2D eigenvalue weighted by Crippen LogP contribution is -2.29. The summed E-state index contributed by atoms with van der Waals surface area (Å²) in [6, 6.07) is -0.0991. The molecule has 0 aliphatic heterocycles. The molecule has 0 unspecified atom stereocenters. The molecule has 1 aromatic rings. The molecule has 17 heavy (non-hydrogen) atoms. The second kappa shape index (κ2) is 5.87. The van der Waals surface area contributed by atoms with Crippen LogP contribution in [0.4, 0.5) is 10.5 Å². The Labute approximate surface area is 106 Å². The number of rotatable bonds is 4. The third kappa shape index (κ3) is 3.09. The number of hydrogen-bond donors (Lipinski definition) is 2. The van der Waals surface area contributed by atoms with Crippen molar-refractivity contribution in [3.8, 4) is 0 Å². The summed E-state index contributed by atoms with van der Waals surface area (Å²) in [6.45, 7) is 2.85. The van der Waals surface area contributed by atoms with E-state index in [0.717, 1.165) is 37.9 Å². The first kappa shape index (κ1) is 12.2. The molecule has 0 saturated carbocycles. The Morgan fingerprint density at radius 3 is 3.24 bits per heavy atom. The maximum Gasteiger partial charge on any atom is 0.319 e. The Morgan fingerprint density at radius 2 is 2.41 bits per heavy atom. The fourth-order valence-electron chi connectivity index (χ4n) is 1.84. The van der Waals surface area contributed by atoms with Gasteiger partial charge in [-0.3, -0.25) is 0 Å². The summed E-state index contributed by atoms with van der Waals surface area (Å²) in [4.78, 5) is 13.0. The topological polar surface area (TPSA) is 41.1 Å². The highest BCUT2D eigenvalue weighted by atomic mass is 32.1. The van der Waals surface area contributed by atoms with Crippen LogP contribution in [0.1, 0.15) is 36.6 Å². The Balaban J connectivity index is 1.93. The molecule has 2 amide bonds. The van der Waals surface area contributed by atoms with E-state index in [1.807, 2.05) is 5.38 Å². The maximum atomic E-state index is 11.6. The summed E-state index contributed by atoms with van der Waals surface area (Å²) in [6.07, 6.45) is 8.59. The van der Waals surface area contributed by atoms with Crippen LogP contribution >= 0.6 is 11.3 Å². The van der Waals surface area contributed by atoms with Gasteiger partial charge in [-0.15, -0.1) is 11.3 Å². The third-order valence-electron chi connectivity index (χ3n) is 2.80. The molecule has 1 aromatic heterocycles. The third-order valence-corrected chi connectivity index (χ3v) is 3.86. The molecule has 92 valence electrons. The smallest absolute Gasteiger partial charge is 0.319 e. The molecule has 0 aromatic carbocycles. The van der Waals surface area contributed by atoms with Crippen molar-refractivity contribution in [3.63, 3.8) is 0 Å². The van der Waals surface area contributed by atoms with Crippen molar-refractivity contribution in [2.24, 2.45) is 0 Å². The Bertz CT molecular complexity index is 423. The van der Waals surface area contributed by atoms with E-state index in [1.54, 1.807) is 11.3 Å². The van der Waals surface area contributed by atoms with Crippen molar-refractivity contribution >= 4 is 29.1 Å². The van der Waals surface area contributed by atoms with Gasteiger partial charge < -0.3 is 10.6 Å². The predicted molar refractivity (Wildman–Crippen MR) is 73.6 cm³/mol. The molecular weight excluding hydrogens is 232 g/mol. The van der Waals surface area contributed by atoms with Crippen LogP contribution in [0.25, 0.3) is 6.08 Å². The van der Waals surface area contributed by atoms with Crippen molar-refractivity contribution in [2.45, 2.75) is 32.6 Å². The molecule has 1 aliphatic carbocycles. The molecule has 0 spiro atoms. The van der Waals surface area contributed by atoms with Crippen molar-refractivity contribution in [1.29, 1.82) is 0 Å². The van der Waals surface area contributed by atoms with Crippen molar-refractivity contribution in [1.82, 2.24) is 5.32 Å². The first-order valence-corrected chi connectivity index (χ1v) is 7.01. The number of allylic oxidation sites excluding steroid dienone is 1. The zero-order valence-electron chi connectivity index (χ0n) is 10.1. The lowest BCUT2D eigenvalue weighted by atomic mass is 10.1. The molecule has 1 heterocycles. The average molecular weight is 250 g/mol. The van der Waals surface area contributed by atoms with Crippen LogP contribution in [0, 0.1) is 0 Å². The van der Waals surface area contributed by atoms with Crippen LogP contribution in [-0.4, -0.2) is 12.6 Å². The number of fused-ring (bicyclic) bond motifs is 1. The Hall–Kier alpha value is -1.29. The van der Waals surface area contributed by atoms with Gasteiger partial charge in [0.25, 0.3) is 0 Å². The zero-order valence-corrected chi connectivity index (χ0v) is 10.9. The monoisotopic (exact) mass is 250 g/mol. The average Bonchev–Trinajstić information content (AvgIpc) is 2.73. The molecule has 2 rings (SSSR count). The van der Waals surface area contributed by atoms with Gasteiger partial charge in [-0.05, 0) is 19.3 Å². The van der Waals surface area contributed by atoms with Crippen LogP contribution in [0.15, 0.2) is 11.5 Å². The molecule has 0 atom stereocenters. The minimum Gasteiger partial charge on any atom is -0.338 e. The van der Waals surface area contributed by atoms with E-state index in [0.29, 0.717) is 0 Å². The molecule has 0 fully saturated rings. The number of thiophene rings is 1.